The van der Waals surface area contributed by atoms with Crippen LogP contribution in [0.1, 0.15) is 28.6 Å². The Balaban J connectivity index is 2.88. The van der Waals surface area contributed by atoms with Gasteiger partial charge in [-0.3, -0.25) is 13.9 Å². The van der Waals surface area contributed by atoms with Crippen molar-refractivity contribution in [2.75, 3.05) is 0 Å². The number of alkyl halides is 4. The van der Waals surface area contributed by atoms with Crippen molar-refractivity contribution in [2.24, 2.45) is 0 Å². The summed E-state index contributed by atoms with van der Waals surface area (Å²) in [5, 5.41) is 9.25. The third-order valence-corrected chi connectivity index (χ3v) is 5.22. The number of aryl methyl sites for hydroxylation is 1. The van der Waals surface area contributed by atoms with Gasteiger partial charge in [0.2, 0.25) is 0 Å². The number of aromatic carboxylic acids is 1. The molecule has 0 unspecified atom stereocenters. The zero-order chi connectivity index (χ0) is 18.2. The summed E-state index contributed by atoms with van der Waals surface area (Å²) in [4.78, 5) is 35.9. The number of fused-ring (bicyclic) bond motifs is 1. The van der Waals surface area contributed by atoms with Crippen molar-refractivity contribution in [3.8, 4) is 0 Å². The molecule has 0 aliphatic heterocycles. The molecular formula is C13H12BrF3N2O4S. The fourth-order valence-electron chi connectivity index (χ4n) is 2.33. The Kier molecular flexibility index (Phi) is 5.23. The zero-order valence-corrected chi connectivity index (χ0v) is 14.7. The number of halogens is 4. The summed E-state index contributed by atoms with van der Waals surface area (Å²) in [5.74, 6) is -1.30. The molecule has 0 spiro atoms. The first-order valence-corrected chi connectivity index (χ1v) is 8.71. The Hall–Kier alpha value is -1.62. The quantitative estimate of drug-likeness (QED) is 0.742. The maximum Gasteiger partial charge on any atom is 0.390 e. The molecule has 0 amide bonds. The second-order valence-electron chi connectivity index (χ2n) is 4.88. The number of aromatic nitrogens is 2. The highest BCUT2D eigenvalue weighted by atomic mass is 79.9. The SMILES string of the molecule is CCn1c(=O)c2c(CBr)c(C(=O)O)sc2n(CCC(F)(F)F)c1=O. The first kappa shape index (κ1) is 18.7. The number of nitrogens with zero attached hydrogens (tertiary/aromatic N) is 2. The molecule has 11 heteroatoms. The Bertz CT molecular complexity index is 913. The summed E-state index contributed by atoms with van der Waals surface area (Å²) < 4.78 is 39.2. The average Bonchev–Trinajstić information content (AvgIpc) is 2.86. The molecule has 1 N–H and O–H groups in total. The van der Waals surface area contributed by atoms with Gasteiger partial charge in [0.05, 0.1) is 11.8 Å². The summed E-state index contributed by atoms with van der Waals surface area (Å²) in [6.45, 7) is 0.807. The van der Waals surface area contributed by atoms with E-state index in [2.05, 4.69) is 15.9 Å². The molecule has 0 aliphatic rings. The van der Waals surface area contributed by atoms with Gasteiger partial charge in [-0.15, -0.1) is 11.3 Å². The molecule has 132 valence electrons. The molecule has 24 heavy (non-hydrogen) atoms. The molecule has 2 rings (SSSR count). The zero-order valence-electron chi connectivity index (χ0n) is 12.3. The average molecular weight is 429 g/mol. The van der Waals surface area contributed by atoms with E-state index in [1.165, 1.54) is 6.92 Å². The molecule has 0 atom stereocenters. The molecule has 0 saturated carbocycles. The van der Waals surface area contributed by atoms with Crippen molar-refractivity contribution in [3.05, 3.63) is 31.3 Å². The number of rotatable bonds is 5. The summed E-state index contributed by atoms with van der Waals surface area (Å²) in [6, 6.07) is 0. The van der Waals surface area contributed by atoms with Crippen molar-refractivity contribution >= 4 is 43.5 Å². The maximum absolute atomic E-state index is 12.5. The molecule has 0 aliphatic carbocycles. The highest BCUT2D eigenvalue weighted by Crippen LogP contribution is 2.31. The standard InChI is InChI=1S/C13H12BrF3N2O4S/c1-2-18-9(20)7-6(5-14)8(11(21)22)24-10(7)19(12(18)23)4-3-13(15,16)17/h2-5H2,1H3,(H,21,22). The molecule has 2 aromatic heterocycles. The number of carboxylic acids is 1. The van der Waals surface area contributed by atoms with Crippen molar-refractivity contribution < 1.29 is 23.1 Å². The molecule has 0 fully saturated rings. The monoisotopic (exact) mass is 428 g/mol. The highest BCUT2D eigenvalue weighted by Gasteiger charge is 2.29. The van der Waals surface area contributed by atoms with E-state index in [1.54, 1.807) is 0 Å². The van der Waals surface area contributed by atoms with Gasteiger partial charge in [0.25, 0.3) is 5.56 Å². The fourth-order valence-corrected chi connectivity index (χ4v) is 4.25. The van der Waals surface area contributed by atoms with Gasteiger partial charge in [0.15, 0.2) is 0 Å². The van der Waals surface area contributed by atoms with Crippen LogP contribution in [-0.4, -0.2) is 26.4 Å². The molecule has 0 aromatic carbocycles. The first-order chi connectivity index (χ1) is 11.1. The van der Waals surface area contributed by atoms with Gasteiger partial charge < -0.3 is 5.11 Å². The molecule has 2 aromatic rings. The predicted octanol–water partition coefficient (Wildman–Crippen LogP) is 2.79. The lowest BCUT2D eigenvalue weighted by Crippen LogP contribution is -2.40. The normalized spacial score (nSPS) is 12.0. The second kappa shape index (κ2) is 6.71. The van der Waals surface area contributed by atoms with Crippen molar-refractivity contribution in [3.63, 3.8) is 0 Å². The van der Waals surface area contributed by atoms with Crippen LogP contribution in [0.5, 0.6) is 0 Å². The second-order valence-corrected chi connectivity index (χ2v) is 6.44. The van der Waals surface area contributed by atoms with E-state index in [0.29, 0.717) is 11.3 Å². The molecule has 0 bridgehead atoms. The van der Waals surface area contributed by atoms with Gasteiger partial charge in [-0.1, -0.05) is 15.9 Å². The van der Waals surface area contributed by atoms with Crippen molar-refractivity contribution in [1.82, 2.24) is 9.13 Å². The van der Waals surface area contributed by atoms with Gasteiger partial charge in [0.1, 0.15) is 9.71 Å². The number of carbonyl (C=O) groups is 1. The first-order valence-electron chi connectivity index (χ1n) is 6.77. The minimum absolute atomic E-state index is 0.0282. The minimum Gasteiger partial charge on any atom is -0.477 e. The third kappa shape index (κ3) is 3.27. The topological polar surface area (TPSA) is 81.3 Å². The van der Waals surface area contributed by atoms with Gasteiger partial charge in [-0.25, -0.2) is 9.59 Å². The van der Waals surface area contributed by atoms with Crippen LogP contribution in [0, 0.1) is 0 Å². The smallest absolute Gasteiger partial charge is 0.390 e. The molecule has 6 nitrogen and oxygen atoms in total. The van der Waals surface area contributed by atoms with Crippen LogP contribution in [0.25, 0.3) is 10.2 Å². The van der Waals surface area contributed by atoms with E-state index in [-0.39, 0.29) is 32.5 Å². The minimum atomic E-state index is -4.48. The fraction of sp³-hybridized carbons (Fsp3) is 0.462. The molecule has 2 heterocycles. The lowest BCUT2D eigenvalue weighted by Gasteiger charge is -2.12. The number of hydrogen-bond acceptors (Lipinski definition) is 4. The van der Waals surface area contributed by atoms with Crippen LogP contribution in [0.4, 0.5) is 13.2 Å². The van der Waals surface area contributed by atoms with Gasteiger partial charge >= 0.3 is 17.8 Å². The predicted molar refractivity (Wildman–Crippen MR) is 86.3 cm³/mol. The van der Waals surface area contributed by atoms with Crippen LogP contribution < -0.4 is 11.2 Å². The number of hydrogen-bond donors (Lipinski definition) is 1. The molecular weight excluding hydrogens is 417 g/mol. The van der Waals surface area contributed by atoms with Gasteiger partial charge in [0, 0.05) is 24.0 Å². The third-order valence-electron chi connectivity index (χ3n) is 3.42. The summed E-state index contributed by atoms with van der Waals surface area (Å²) >= 11 is 3.73. The maximum atomic E-state index is 12.5. The Morgan fingerprint density at radius 3 is 2.38 bits per heavy atom. The summed E-state index contributed by atoms with van der Waals surface area (Å²) in [6.07, 6.45) is -5.74. The Morgan fingerprint density at radius 1 is 1.29 bits per heavy atom. The van der Waals surface area contributed by atoms with E-state index in [1.807, 2.05) is 0 Å². The van der Waals surface area contributed by atoms with E-state index < -0.39 is 36.4 Å². The Morgan fingerprint density at radius 2 is 1.92 bits per heavy atom. The largest absolute Gasteiger partial charge is 0.477 e. The van der Waals surface area contributed by atoms with Gasteiger partial charge in [-0.05, 0) is 6.92 Å². The molecule has 0 radical (unpaired) electrons. The van der Waals surface area contributed by atoms with Crippen molar-refractivity contribution in [2.45, 2.75) is 37.9 Å². The van der Waals surface area contributed by atoms with E-state index in [4.69, 9.17) is 0 Å². The highest BCUT2D eigenvalue weighted by molar-refractivity contribution is 9.08. The van der Waals surface area contributed by atoms with Crippen LogP contribution in [0.15, 0.2) is 9.59 Å². The van der Waals surface area contributed by atoms with E-state index in [0.717, 1.165) is 9.13 Å². The number of thiophene rings is 1. The lowest BCUT2D eigenvalue weighted by molar-refractivity contribution is -0.136. The van der Waals surface area contributed by atoms with E-state index in [9.17, 15) is 32.7 Å². The van der Waals surface area contributed by atoms with Crippen LogP contribution in [-0.2, 0) is 18.4 Å². The Labute approximate surface area is 145 Å². The lowest BCUT2D eigenvalue weighted by atomic mass is 10.2. The number of carboxylic acid groups (broad SMARTS) is 1. The van der Waals surface area contributed by atoms with Crippen molar-refractivity contribution in [1.29, 1.82) is 0 Å². The summed E-state index contributed by atoms with van der Waals surface area (Å²) in [7, 11) is 0. The van der Waals surface area contributed by atoms with Gasteiger partial charge in [-0.2, -0.15) is 13.2 Å². The summed E-state index contributed by atoms with van der Waals surface area (Å²) in [5.41, 5.74) is -1.41. The van der Waals surface area contributed by atoms with E-state index >= 15 is 0 Å². The van der Waals surface area contributed by atoms with Crippen LogP contribution in [0.3, 0.4) is 0 Å². The van der Waals surface area contributed by atoms with Crippen LogP contribution in [0.2, 0.25) is 0 Å². The molecule has 0 saturated heterocycles. The van der Waals surface area contributed by atoms with Crippen LogP contribution >= 0.6 is 27.3 Å².